The minimum Gasteiger partial charge on any atom is -0.293 e. The van der Waals surface area contributed by atoms with Crippen LogP contribution < -0.4 is 0 Å². The van der Waals surface area contributed by atoms with Gasteiger partial charge in [-0.05, 0) is 47.2 Å². The van der Waals surface area contributed by atoms with Crippen LogP contribution in [-0.2, 0) is 0 Å². The minimum atomic E-state index is 0.123. The molecule has 0 spiro atoms. The molecule has 0 fully saturated rings. The van der Waals surface area contributed by atoms with Gasteiger partial charge in [0.05, 0.1) is 10.7 Å². The Morgan fingerprint density at radius 3 is 1.54 bits per heavy atom. The maximum absolute atomic E-state index is 12.0. The van der Waals surface area contributed by atoms with E-state index in [1.807, 2.05) is 12.1 Å². The molecule has 0 aromatic heterocycles. The first-order chi connectivity index (χ1) is 11.6. The molecule has 0 heterocycles. The van der Waals surface area contributed by atoms with Crippen molar-refractivity contribution in [2.75, 3.05) is 10.7 Å². The Balaban J connectivity index is 1.82. The zero-order valence-corrected chi connectivity index (χ0v) is 16.2. The predicted octanol–water partition coefficient (Wildman–Crippen LogP) is 5.21. The van der Waals surface area contributed by atoms with Crippen LogP contribution in [0.15, 0.2) is 36.4 Å². The van der Waals surface area contributed by atoms with Crippen molar-refractivity contribution in [1.29, 1.82) is 0 Å². The lowest BCUT2D eigenvalue weighted by atomic mass is 9.63. The summed E-state index contributed by atoms with van der Waals surface area (Å²) in [6.45, 7) is 0. The van der Waals surface area contributed by atoms with Gasteiger partial charge < -0.3 is 0 Å². The third-order valence-electron chi connectivity index (χ3n) is 5.31. The molecule has 5 rings (SSSR count). The van der Waals surface area contributed by atoms with E-state index in [1.54, 1.807) is 0 Å². The molecule has 0 saturated heterocycles. The molecule has 24 heavy (non-hydrogen) atoms. The first kappa shape index (κ1) is 16.2. The number of hydrogen-bond donors (Lipinski definition) is 0. The van der Waals surface area contributed by atoms with E-state index in [2.05, 4.69) is 56.1 Å². The Morgan fingerprint density at radius 1 is 0.750 bits per heavy atom. The van der Waals surface area contributed by atoms with E-state index in [4.69, 9.17) is 0 Å². The lowest BCUT2D eigenvalue weighted by Crippen LogP contribution is -2.25. The number of carbonyl (C=O) groups excluding carboxylic acids is 2. The van der Waals surface area contributed by atoms with Gasteiger partial charge in [0.1, 0.15) is 0 Å². The summed E-state index contributed by atoms with van der Waals surface area (Å²) in [6, 6.07) is 12.3. The van der Waals surface area contributed by atoms with E-state index in [9.17, 15) is 9.59 Å². The molecule has 0 amide bonds. The highest BCUT2D eigenvalue weighted by molar-refractivity contribution is 9.09. The summed E-state index contributed by atoms with van der Waals surface area (Å²) in [4.78, 5) is 24.0. The molecule has 2 bridgehead atoms. The molecule has 0 aliphatic heterocycles. The maximum atomic E-state index is 12.0. The fourth-order valence-corrected chi connectivity index (χ4v) is 4.83. The van der Waals surface area contributed by atoms with Crippen molar-refractivity contribution >= 4 is 43.4 Å². The van der Waals surface area contributed by atoms with Crippen molar-refractivity contribution in [2.24, 2.45) is 0 Å². The van der Waals surface area contributed by atoms with Crippen LogP contribution in [0.4, 0.5) is 0 Å². The lowest BCUT2D eigenvalue weighted by molar-refractivity contribution is 0.101. The van der Waals surface area contributed by atoms with E-state index in [1.165, 1.54) is 22.3 Å². The van der Waals surface area contributed by atoms with Gasteiger partial charge in [-0.15, -0.1) is 0 Å². The Morgan fingerprint density at radius 2 is 1.17 bits per heavy atom. The van der Waals surface area contributed by atoms with Crippen LogP contribution in [0, 0.1) is 0 Å². The Labute approximate surface area is 157 Å². The Bertz CT molecular complexity index is 785. The Hall–Kier alpha value is -1.26. The smallest absolute Gasteiger partial charge is 0.173 e. The summed E-state index contributed by atoms with van der Waals surface area (Å²) < 4.78 is 0. The summed E-state index contributed by atoms with van der Waals surface area (Å²) in [5.41, 5.74) is 6.81. The van der Waals surface area contributed by atoms with E-state index < -0.39 is 0 Å². The van der Waals surface area contributed by atoms with Crippen LogP contribution in [0.5, 0.6) is 0 Å². The fraction of sp³-hybridized carbons (Fsp3) is 0.300. The van der Waals surface area contributed by atoms with Gasteiger partial charge in [0.2, 0.25) is 0 Å². The standard InChI is InChI=1S/C20H16Br2O2/c21-9-19(23)11-1-3-13-15-5-6-16(17(13)7-11)14-4-2-12(8-18(14)15)20(24)10-22/h1-4,7-8,15-16H,5-6,9-10H2. The minimum absolute atomic E-state index is 0.123. The number of fused-ring (bicyclic) bond motifs is 1. The van der Waals surface area contributed by atoms with Crippen LogP contribution in [-0.4, -0.2) is 22.2 Å². The van der Waals surface area contributed by atoms with Crippen molar-refractivity contribution in [1.82, 2.24) is 0 Å². The van der Waals surface area contributed by atoms with Crippen LogP contribution in [0.3, 0.4) is 0 Å². The monoisotopic (exact) mass is 446 g/mol. The zero-order chi connectivity index (χ0) is 16.8. The van der Waals surface area contributed by atoms with E-state index >= 15 is 0 Å². The van der Waals surface area contributed by atoms with Gasteiger partial charge in [0, 0.05) is 23.0 Å². The quantitative estimate of drug-likeness (QED) is 0.476. The number of carbonyl (C=O) groups is 2. The zero-order valence-electron chi connectivity index (χ0n) is 13.0. The Kier molecular flexibility index (Phi) is 4.21. The maximum Gasteiger partial charge on any atom is 0.173 e. The second-order valence-corrected chi connectivity index (χ2v) is 7.60. The largest absolute Gasteiger partial charge is 0.293 e. The number of rotatable bonds is 4. The second-order valence-electron chi connectivity index (χ2n) is 6.48. The third-order valence-corrected chi connectivity index (χ3v) is 6.32. The lowest BCUT2D eigenvalue weighted by Gasteiger charge is -2.40. The molecule has 0 N–H and O–H groups in total. The van der Waals surface area contributed by atoms with Gasteiger partial charge in [-0.2, -0.15) is 0 Å². The number of alkyl halides is 2. The van der Waals surface area contributed by atoms with Crippen LogP contribution in [0.1, 0.15) is 67.6 Å². The number of ketones is 2. The average molecular weight is 448 g/mol. The molecule has 2 unspecified atom stereocenters. The molecule has 2 atom stereocenters. The number of Topliss-reactive ketones (excluding diaryl/α,β-unsaturated/α-hetero) is 2. The molecule has 3 aliphatic rings. The third kappa shape index (κ3) is 2.42. The van der Waals surface area contributed by atoms with Gasteiger partial charge in [-0.3, -0.25) is 9.59 Å². The van der Waals surface area contributed by atoms with Crippen LogP contribution in [0.25, 0.3) is 0 Å². The highest BCUT2D eigenvalue weighted by atomic mass is 79.9. The molecule has 0 radical (unpaired) electrons. The summed E-state index contributed by atoms with van der Waals surface area (Å²) in [6.07, 6.45) is 2.23. The predicted molar refractivity (Wildman–Crippen MR) is 102 cm³/mol. The van der Waals surface area contributed by atoms with Crippen molar-refractivity contribution in [3.8, 4) is 0 Å². The normalized spacial score (nSPS) is 20.4. The molecule has 4 heteroatoms. The van der Waals surface area contributed by atoms with Crippen LogP contribution >= 0.6 is 31.9 Å². The summed E-state index contributed by atoms with van der Waals surface area (Å²) >= 11 is 6.51. The van der Waals surface area contributed by atoms with E-state index in [0.717, 1.165) is 24.0 Å². The SMILES string of the molecule is O=C(CBr)c1ccc2c(c1)C1CCC2c2cc(C(=O)CBr)ccc21. The van der Waals surface area contributed by atoms with E-state index in [0.29, 0.717) is 22.5 Å². The number of benzene rings is 2. The second kappa shape index (κ2) is 6.23. The van der Waals surface area contributed by atoms with Crippen molar-refractivity contribution in [3.63, 3.8) is 0 Å². The van der Waals surface area contributed by atoms with Gasteiger partial charge in [0.25, 0.3) is 0 Å². The molecule has 122 valence electrons. The topological polar surface area (TPSA) is 34.1 Å². The summed E-state index contributed by atoms with van der Waals surface area (Å²) in [7, 11) is 0. The molecule has 2 aromatic rings. The van der Waals surface area contributed by atoms with Gasteiger partial charge >= 0.3 is 0 Å². The average Bonchev–Trinajstić information content (AvgIpc) is 2.66. The first-order valence-corrected chi connectivity index (χ1v) is 10.3. The van der Waals surface area contributed by atoms with Crippen molar-refractivity contribution < 1.29 is 9.59 Å². The molecule has 2 aromatic carbocycles. The van der Waals surface area contributed by atoms with E-state index in [-0.39, 0.29) is 11.6 Å². The molecular formula is C20H16Br2O2. The molecule has 2 nitrogen and oxygen atoms in total. The fourth-order valence-electron chi connectivity index (χ4n) is 4.18. The van der Waals surface area contributed by atoms with Gasteiger partial charge in [-0.1, -0.05) is 56.1 Å². The highest BCUT2D eigenvalue weighted by Crippen LogP contribution is 2.53. The molecular weight excluding hydrogens is 432 g/mol. The molecule has 0 saturated carbocycles. The number of halogens is 2. The van der Waals surface area contributed by atoms with Crippen molar-refractivity contribution in [3.05, 3.63) is 69.8 Å². The molecule has 3 aliphatic carbocycles. The highest BCUT2D eigenvalue weighted by Gasteiger charge is 2.37. The van der Waals surface area contributed by atoms with Gasteiger partial charge in [0.15, 0.2) is 11.6 Å². The van der Waals surface area contributed by atoms with Crippen LogP contribution in [0.2, 0.25) is 0 Å². The summed E-state index contributed by atoms with van der Waals surface area (Å²) in [5.74, 6) is 0.933. The summed E-state index contributed by atoms with van der Waals surface area (Å²) in [5, 5.41) is 0.711. The van der Waals surface area contributed by atoms with Crippen molar-refractivity contribution in [2.45, 2.75) is 24.7 Å². The van der Waals surface area contributed by atoms with Gasteiger partial charge in [-0.25, -0.2) is 0 Å². The number of hydrogen-bond acceptors (Lipinski definition) is 2. The first-order valence-electron chi connectivity index (χ1n) is 8.10.